The van der Waals surface area contributed by atoms with Crippen molar-refractivity contribution in [3.63, 3.8) is 0 Å². The molecule has 0 aromatic heterocycles. The molecule has 17 heavy (non-hydrogen) atoms. The van der Waals surface area contributed by atoms with E-state index in [0.29, 0.717) is 10.0 Å². The van der Waals surface area contributed by atoms with Crippen LogP contribution < -0.4 is 5.73 Å². The number of likely N-dealkylation sites (tertiary alicyclic amines) is 1. The molecule has 1 heterocycles. The third-order valence-electron chi connectivity index (χ3n) is 3.49. The van der Waals surface area contributed by atoms with Crippen molar-refractivity contribution in [2.75, 3.05) is 13.1 Å². The zero-order chi connectivity index (χ0) is 12.4. The average Bonchev–Trinajstić information content (AvgIpc) is 2.33. The van der Waals surface area contributed by atoms with Crippen LogP contribution in [0.5, 0.6) is 0 Å². The maximum absolute atomic E-state index is 6.30. The third kappa shape index (κ3) is 2.60. The molecule has 0 aliphatic carbocycles. The second-order valence-corrected chi connectivity index (χ2v) is 5.31. The molecule has 1 fully saturated rings. The molecule has 0 saturated carbocycles. The van der Waals surface area contributed by atoms with E-state index in [9.17, 15) is 0 Å². The van der Waals surface area contributed by atoms with Crippen LogP contribution in [0, 0.1) is 0 Å². The van der Waals surface area contributed by atoms with Gasteiger partial charge in [0.15, 0.2) is 0 Å². The van der Waals surface area contributed by atoms with Gasteiger partial charge in [-0.05, 0) is 37.6 Å². The van der Waals surface area contributed by atoms with Crippen LogP contribution in [0.1, 0.15) is 31.4 Å². The van der Waals surface area contributed by atoms with E-state index < -0.39 is 0 Å². The molecule has 0 amide bonds. The first-order valence-corrected chi connectivity index (χ1v) is 6.84. The molecule has 94 valence electrons. The highest BCUT2D eigenvalue weighted by Crippen LogP contribution is 2.36. The minimum atomic E-state index is 0.139. The lowest BCUT2D eigenvalue weighted by Crippen LogP contribution is -2.45. The summed E-state index contributed by atoms with van der Waals surface area (Å²) < 4.78 is 0. The monoisotopic (exact) mass is 272 g/mol. The fourth-order valence-electron chi connectivity index (χ4n) is 2.63. The number of benzene rings is 1. The maximum atomic E-state index is 6.30. The van der Waals surface area contributed by atoms with Crippen LogP contribution in [0.15, 0.2) is 18.2 Å². The number of nitrogens with zero attached hydrogens (tertiary/aromatic N) is 1. The van der Waals surface area contributed by atoms with Gasteiger partial charge in [-0.1, -0.05) is 42.3 Å². The van der Waals surface area contributed by atoms with Crippen molar-refractivity contribution in [1.29, 1.82) is 0 Å². The van der Waals surface area contributed by atoms with Gasteiger partial charge < -0.3 is 5.73 Å². The summed E-state index contributed by atoms with van der Waals surface area (Å²) in [4.78, 5) is 2.38. The van der Waals surface area contributed by atoms with Gasteiger partial charge in [-0.2, -0.15) is 0 Å². The molecule has 1 aromatic rings. The van der Waals surface area contributed by atoms with Crippen LogP contribution in [0.2, 0.25) is 10.0 Å². The molecule has 2 N–H and O–H groups in total. The number of hydrogen-bond donors (Lipinski definition) is 1. The molecule has 2 rings (SSSR count). The molecule has 0 bridgehead atoms. The molecule has 0 spiro atoms. The number of hydrogen-bond acceptors (Lipinski definition) is 2. The van der Waals surface area contributed by atoms with Crippen LogP contribution >= 0.6 is 23.2 Å². The molecule has 1 aliphatic heterocycles. The van der Waals surface area contributed by atoms with E-state index in [0.717, 1.165) is 31.5 Å². The van der Waals surface area contributed by atoms with Crippen molar-refractivity contribution < 1.29 is 0 Å². The number of rotatable bonds is 2. The maximum Gasteiger partial charge on any atom is 0.0640 e. The van der Waals surface area contributed by atoms with Crippen LogP contribution in [0.4, 0.5) is 0 Å². The number of likely N-dealkylation sites (N-methyl/N-ethyl adjacent to an activating group) is 1. The van der Waals surface area contributed by atoms with E-state index >= 15 is 0 Å². The molecule has 2 unspecified atom stereocenters. The van der Waals surface area contributed by atoms with Crippen molar-refractivity contribution >= 4 is 23.2 Å². The lowest BCUT2D eigenvalue weighted by Gasteiger charge is -2.40. The van der Waals surface area contributed by atoms with Gasteiger partial charge in [0.1, 0.15) is 0 Å². The van der Waals surface area contributed by atoms with Gasteiger partial charge in [0.2, 0.25) is 0 Å². The first-order valence-electron chi connectivity index (χ1n) is 6.08. The molecule has 1 aliphatic rings. The summed E-state index contributed by atoms with van der Waals surface area (Å²) in [6.07, 6.45) is 2.20. The molecule has 1 aromatic carbocycles. The summed E-state index contributed by atoms with van der Waals surface area (Å²) in [6.45, 7) is 4.22. The van der Waals surface area contributed by atoms with Crippen LogP contribution in [0.3, 0.4) is 0 Å². The van der Waals surface area contributed by atoms with E-state index in [1.165, 1.54) is 0 Å². The summed E-state index contributed by atoms with van der Waals surface area (Å²) in [5.74, 6) is 0. The summed E-state index contributed by atoms with van der Waals surface area (Å²) in [5.41, 5.74) is 7.32. The molecular weight excluding hydrogens is 255 g/mol. The smallest absolute Gasteiger partial charge is 0.0640 e. The van der Waals surface area contributed by atoms with Crippen LogP contribution in [-0.2, 0) is 0 Å². The van der Waals surface area contributed by atoms with Gasteiger partial charge >= 0.3 is 0 Å². The van der Waals surface area contributed by atoms with Crippen molar-refractivity contribution in [1.82, 2.24) is 4.90 Å². The Morgan fingerprint density at radius 2 is 2.18 bits per heavy atom. The fraction of sp³-hybridized carbons (Fsp3) is 0.538. The Hall–Kier alpha value is -0.280. The standard InChI is InChI=1S/C13H18Cl2N2/c1-2-17-8-4-7-11(16)13(17)9-5-3-6-10(14)12(9)15/h3,5-6,11,13H,2,4,7-8,16H2,1H3. The lowest BCUT2D eigenvalue weighted by atomic mass is 9.91. The number of nitrogens with two attached hydrogens (primary N) is 1. The summed E-state index contributed by atoms with van der Waals surface area (Å²) in [7, 11) is 0. The molecule has 1 saturated heterocycles. The first kappa shape index (κ1) is 13.2. The largest absolute Gasteiger partial charge is 0.326 e. The fourth-order valence-corrected chi connectivity index (χ4v) is 3.05. The van der Waals surface area contributed by atoms with Gasteiger partial charge in [0.25, 0.3) is 0 Å². The second kappa shape index (κ2) is 5.57. The summed E-state index contributed by atoms with van der Waals surface area (Å²) in [5, 5.41) is 1.26. The van der Waals surface area contributed by atoms with E-state index in [2.05, 4.69) is 11.8 Å². The average molecular weight is 273 g/mol. The summed E-state index contributed by atoms with van der Waals surface area (Å²) >= 11 is 12.4. The Labute approximate surface area is 113 Å². The Morgan fingerprint density at radius 3 is 2.88 bits per heavy atom. The van der Waals surface area contributed by atoms with Crippen molar-refractivity contribution in [3.8, 4) is 0 Å². The molecule has 2 nitrogen and oxygen atoms in total. The summed E-state index contributed by atoms with van der Waals surface area (Å²) in [6, 6.07) is 6.13. The Morgan fingerprint density at radius 1 is 1.41 bits per heavy atom. The zero-order valence-electron chi connectivity index (χ0n) is 10.00. The van der Waals surface area contributed by atoms with E-state index in [1.807, 2.05) is 18.2 Å². The van der Waals surface area contributed by atoms with Crippen molar-refractivity contribution in [3.05, 3.63) is 33.8 Å². The molecule has 4 heteroatoms. The normalized spacial score (nSPS) is 26.1. The van der Waals surface area contributed by atoms with E-state index in [4.69, 9.17) is 28.9 Å². The van der Waals surface area contributed by atoms with Crippen molar-refractivity contribution in [2.24, 2.45) is 5.73 Å². The van der Waals surface area contributed by atoms with E-state index in [-0.39, 0.29) is 12.1 Å². The Balaban J connectivity index is 2.38. The van der Waals surface area contributed by atoms with Crippen LogP contribution in [0.25, 0.3) is 0 Å². The highest BCUT2D eigenvalue weighted by Gasteiger charge is 2.31. The minimum absolute atomic E-state index is 0.139. The van der Waals surface area contributed by atoms with Gasteiger partial charge in [0.05, 0.1) is 16.1 Å². The van der Waals surface area contributed by atoms with E-state index in [1.54, 1.807) is 0 Å². The van der Waals surface area contributed by atoms with Crippen LogP contribution in [-0.4, -0.2) is 24.0 Å². The predicted octanol–water partition coefficient (Wildman–Crippen LogP) is 3.48. The first-order chi connectivity index (χ1) is 8.15. The Bertz CT molecular complexity index is 395. The SMILES string of the molecule is CCN1CCCC(N)C1c1cccc(Cl)c1Cl. The lowest BCUT2D eigenvalue weighted by molar-refractivity contribution is 0.136. The predicted molar refractivity (Wildman–Crippen MR) is 73.7 cm³/mol. The number of piperidine rings is 1. The molecule has 0 radical (unpaired) electrons. The Kier molecular flexibility index (Phi) is 4.31. The third-order valence-corrected chi connectivity index (χ3v) is 4.32. The zero-order valence-corrected chi connectivity index (χ0v) is 11.5. The topological polar surface area (TPSA) is 29.3 Å². The van der Waals surface area contributed by atoms with Crippen molar-refractivity contribution in [2.45, 2.75) is 31.8 Å². The number of halogens is 2. The second-order valence-electron chi connectivity index (χ2n) is 4.52. The quantitative estimate of drug-likeness (QED) is 0.893. The minimum Gasteiger partial charge on any atom is -0.326 e. The highest BCUT2D eigenvalue weighted by molar-refractivity contribution is 6.42. The van der Waals surface area contributed by atoms with Gasteiger partial charge in [-0.3, -0.25) is 4.90 Å². The molecular formula is C13H18Cl2N2. The molecule has 2 atom stereocenters. The van der Waals surface area contributed by atoms with Gasteiger partial charge in [-0.15, -0.1) is 0 Å². The van der Waals surface area contributed by atoms with Gasteiger partial charge in [-0.25, -0.2) is 0 Å². The van der Waals surface area contributed by atoms with Gasteiger partial charge in [0, 0.05) is 6.04 Å². The highest BCUT2D eigenvalue weighted by atomic mass is 35.5.